The normalized spacial score (nSPS) is 20.3. The molecule has 2 heterocycles. The molecule has 0 atom stereocenters. The third-order valence-electron chi connectivity index (χ3n) is 6.55. The zero-order valence-corrected chi connectivity index (χ0v) is 19.1. The van der Waals surface area contributed by atoms with Crippen molar-refractivity contribution in [1.29, 1.82) is 0 Å². The molecular weight excluding hydrogens is 438 g/mol. The molecule has 2 aliphatic rings. The van der Waals surface area contributed by atoms with E-state index in [9.17, 15) is 9.59 Å². The number of carbonyl (C=O) groups is 2. The van der Waals surface area contributed by atoms with Crippen LogP contribution in [0.4, 0.5) is 15.6 Å². The molecule has 33 heavy (non-hydrogen) atoms. The summed E-state index contributed by atoms with van der Waals surface area (Å²) < 4.78 is 6.91. The second-order valence-corrected chi connectivity index (χ2v) is 9.92. The first-order chi connectivity index (χ1) is 16.0. The monoisotopic (exact) mass is 465 g/mol. The van der Waals surface area contributed by atoms with Crippen molar-refractivity contribution >= 4 is 44.4 Å². The minimum Gasteiger partial charge on any atom is -0.481 e. The van der Waals surface area contributed by atoms with Crippen molar-refractivity contribution in [2.45, 2.75) is 51.2 Å². The number of rotatable bonds is 5. The summed E-state index contributed by atoms with van der Waals surface area (Å²) in [6.45, 7) is 1.18. The summed E-state index contributed by atoms with van der Waals surface area (Å²) in [5.41, 5.74) is 4.37. The number of aliphatic carboxylic acids is 1. The van der Waals surface area contributed by atoms with Crippen LogP contribution in [0.2, 0.25) is 0 Å². The van der Waals surface area contributed by atoms with E-state index in [1.54, 1.807) is 16.2 Å². The third kappa shape index (κ3) is 5.11. The highest BCUT2D eigenvalue weighted by atomic mass is 32.1. The van der Waals surface area contributed by atoms with Crippen molar-refractivity contribution < 1.29 is 19.4 Å². The van der Waals surface area contributed by atoms with E-state index >= 15 is 0 Å². The number of anilines is 2. The van der Waals surface area contributed by atoms with E-state index in [-0.39, 0.29) is 24.5 Å². The molecule has 3 aromatic rings. The van der Waals surface area contributed by atoms with Gasteiger partial charge in [0.25, 0.3) is 0 Å². The van der Waals surface area contributed by atoms with Crippen LogP contribution in [-0.2, 0) is 22.5 Å². The number of carboxylic acids is 1. The molecule has 5 rings (SSSR count). The summed E-state index contributed by atoms with van der Waals surface area (Å²) in [6, 6.07) is 14.3. The number of nitrogens with one attached hydrogen (secondary N) is 1. The van der Waals surface area contributed by atoms with E-state index in [0.29, 0.717) is 13.1 Å². The molecule has 8 heteroatoms. The largest absolute Gasteiger partial charge is 0.481 e. The van der Waals surface area contributed by atoms with Crippen LogP contribution in [-0.4, -0.2) is 39.7 Å². The van der Waals surface area contributed by atoms with Gasteiger partial charge in [0.1, 0.15) is 6.10 Å². The number of ether oxygens (including phenoxy) is 1. The molecule has 1 aromatic heterocycles. The molecule has 1 aliphatic heterocycles. The lowest BCUT2D eigenvalue weighted by Gasteiger charge is -2.32. The molecule has 1 aliphatic carbocycles. The quantitative estimate of drug-likeness (QED) is 0.512. The average molecular weight is 466 g/mol. The molecule has 2 N–H and O–H groups in total. The number of hydrogen-bond donors (Lipinski definition) is 2. The smallest absolute Gasteiger partial charge is 0.410 e. The lowest BCUT2D eigenvalue weighted by atomic mass is 9.85. The van der Waals surface area contributed by atoms with Gasteiger partial charge < -0.3 is 20.1 Å². The van der Waals surface area contributed by atoms with Crippen LogP contribution in [0, 0.1) is 5.92 Å². The number of hydrogen-bond acceptors (Lipinski definition) is 6. The van der Waals surface area contributed by atoms with E-state index in [0.717, 1.165) is 58.7 Å². The summed E-state index contributed by atoms with van der Waals surface area (Å²) >= 11 is 1.63. The number of para-hydroxylation sites is 1. The second-order valence-electron chi connectivity index (χ2n) is 8.89. The lowest BCUT2D eigenvalue weighted by Crippen LogP contribution is -2.39. The number of fused-ring (bicyclic) bond motifs is 2. The second kappa shape index (κ2) is 9.39. The summed E-state index contributed by atoms with van der Waals surface area (Å²) in [7, 11) is 0. The molecule has 7 nitrogen and oxygen atoms in total. The van der Waals surface area contributed by atoms with Gasteiger partial charge in [0.2, 0.25) is 0 Å². The first kappa shape index (κ1) is 21.7. The number of carboxylic acid groups (broad SMARTS) is 1. The van der Waals surface area contributed by atoms with Crippen molar-refractivity contribution in [2.75, 3.05) is 11.9 Å². The van der Waals surface area contributed by atoms with Crippen LogP contribution < -0.4 is 5.32 Å². The minimum atomic E-state index is -0.749. The highest BCUT2D eigenvalue weighted by Gasteiger charge is 2.28. The molecule has 0 bridgehead atoms. The maximum absolute atomic E-state index is 12.7. The van der Waals surface area contributed by atoms with Crippen molar-refractivity contribution in [1.82, 2.24) is 9.88 Å². The standard InChI is InChI=1S/C25H27N3O4S/c29-23(30)13-16-5-9-20(10-6-16)32-25(31)28-12-11-17-14-19(8-7-18(17)15-28)26-24-27-21-3-1-2-4-22(21)33-24/h1-4,7-8,14,16,20H,5-6,9-13,15H2,(H,26,27)(H,29,30)/t16-,20-. The molecule has 0 saturated heterocycles. The average Bonchev–Trinajstić information content (AvgIpc) is 3.22. The van der Waals surface area contributed by atoms with Crippen molar-refractivity contribution in [2.24, 2.45) is 5.92 Å². The predicted octanol–water partition coefficient (Wildman–Crippen LogP) is 5.57. The summed E-state index contributed by atoms with van der Waals surface area (Å²) in [5, 5.41) is 13.2. The number of thiazole rings is 1. The number of benzene rings is 2. The summed E-state index contributed by atoms with van der Waals surface area (Å²) in [6.07, 6.45) is 3.71. The molecule has 2 aromatic carbocycles. The number of aromatic nitrogens is 1. The maximum Gasteiger partial charge on any atom is 0.410 e. The van der Waals surface area contributed by atoms with Crippen molar-refractivity contribution in [3.63, 3.8) is 0 Å². The number of carbonyl (C=O) groups excluding carboxylic acids is 1. The third-order valence-corrected chi connectivity index (χ3v) is 7.50. The van der Waals surface area contributed by atoms with Gasteiger partial charge in [-0.25, -0.2) is 9.78 Å². The fourth-order valence-corrected chi connectivity index (χ4v) is 5.64. The van der Waals surface area contributed by atoms with E-state index in [1.165, 1.54) is 5.56 Å². The zero-order valence-electron chi connectivity index (χ0n) is 18.3. The van der Waals surface area contributed by atoms with Crippen LogP contribution in [0.3, 0.4) is 0 Å². The molecular formula is C25H27N3O4S. The van der Waals surface area contributed by atoms with E-state index in [2.05, 4.69) is 28.5 Å². The van der Waals surface area contributed by atoms with Crippen molar-refractivity contribution in [3.8, 4) is 0 Å². The Morgan fingerprint density at radius 1 is 1.12 bits per heavy atom. The fourth-order valence-electron chi connectivity index (χ4n) is 4.75. The summed E-state index contributed by atoms with van der Waals surface area (Å²) in [5.74, 6) is -0.550. The van der Waals surface area contributed by atoms with Gasteiger partial charge in [0.05, 0.1) is 10.2 Å². The molecule has 0 unspecified atom stereocenters. The first-order valence-corrected chi connectivity index (χ1v) is 12.3. The van der Waals surface area contributed by atoms with Gasteiger partial charge in [-0.05, 0) is 73.4 Å². The van der Waals surface area contributed by atoms with Crippen LogP contribution in [0.15, 0.2) is 42.5 Å². The van der Waals surface area contributed by atoms with Crippen LogP contribution in [0.5, 0.6) is 0 Å². The van der Waals surface area contributed by atoms with Gasteiger partial charge in [-0.2, -0.15) is 0 Å². The first-order valence-electron chi connectivity index (χ1n) is 11.5. The van der Waals surface area contributed by atoms with E-state index in [4.69, 9.17) is 9.84 Å². The Labute approximate surface area is 196 Å². The topological polar surface area (TPSA) is 91.8 Å². The van der Waals surface area contributed by atoms with Gasteiger partial charge in [0.15, 0.2) is 5.13 Å². The highest BCUT2D eigenvalue weighted by molar-refractivity contribution is 7.22. The maximum atomic E-state index is 12.7. The molecule has 1 saturated carbocycles. The SMILES string of the molecule is O=C(O)C[C@H]1CC[C@H](OC(=O)N2CCc3cc(Nc4nc5ccccc5s4)ccc3C2)CC1. The van der Waals surface area contributed by atoms with Gasteiger partial charge in [-0.1, -0.05) is 29.5 Å². The number of amides is 1. The van der Waals surface area contributed by atoms with E-state index < -0.39 is 5.97 Å². The number of nitrogens with zero attached hydrogens (tertiary/aromatic N) is 2. The fraction of sp³-hybridized carbons (Fsp3) is 0.400. The Hall–Kier alpha value is -3.13. The van der Waals surface area contributed by atoms with Gasteiger partial charge >= 0.3 is 12.1 Å². The Kier molecular flexibility index (Phi) is 6.17. The van der Waals surface area contributed by atoms with Crippen LogP contribution in [0.1, 0.15) is 43.2 Å². The van der Waals surface area contributed by atoms with Crippen LogP contribution >= 0.6 is 11.3 Å². The Morgan fingerprint density at radius 2 is 1.94 bits per heavy atom. The minimum absolute atomic E-state index is 0.107. The lowest BCUT2D eigenvalue weighted by molar-refractivity contribution is -0.138. The molecule has 1 amide bonds. The Balaban J connectivity index is 1.16. The highest BCUT2D eigenvalue weighted by Crippen LogP contribution is 2.31. The molecule has 0 radical (unpaired) electrons. The predicted molar refractivity (Wildman–Crippen MR) is 128 cm³/mol. The summed E-state index contributed by atoms with van der Waals surface area (Å²) in [4.78, 5) is 30.0. The van der Waals surface area contributed by atoms with Crippen molar-refractivity contribution in [3.05, 3.63) is 53.6 Å². The molecule has 172 valence electrons. The van der Waals surface area contributed by atoms with Gasteiger partial charge in [-0.15, -0.1) is 0 Å². The van der Waals surface area contributed by atoms with Crippen LogP contribution in [0.25, 0.3) is 10.2 Å². The Morgan fingerprint density at radius 3 is 2.73 bits per heavy atom. The molecule has 1 fully saturated rings. The Bertz CT molecular complexity index is 1140. The zero-order chi connectivity index (χ0) is 22.8. The van der Waals surface area contributed by atoms with Gasteiger partial charge in [0, 0.05) is 25.2 Å². The molecule has 0 spiro atoms. The van der Waals surface area contributed by atoms with Gasteiger partial charge in [-0.3, -0.25) is 4.79 Å². The van der Waals surface area contributed by atoms with E-state index in [1.807, 2.05) is 24.3 Å².